The van der Waals surface area contributed by atoms with E-state index in [1.54, 1.807) is 6.92 Å². The Balaban J connectivity index is 2.65. The molecule has 0 saturated heterocycles. The molecule has 0 aliphatic carbocycles. The maximum absolute atomic E-state index is 11.4. The van der Waals surface area contributed by atoms with Gasteiger partial charge in [0.2, 0.25) is 0 Å². The summed E-state index contributed by atoms with van der Waals surface area (Å²) in [6.45, 7) is 5.92. The summed E-state index contributed by atoms with van der Waals surface area (Å²) in [6, 6.07) is 5.76. The van der Waals surface area contributed by atoms with E-state index in [1.807, 2.05) is 30.0 Å². The van der Waals surface area contributed by atoms with Gasteiger partial charge in [-0.3, -0.25) is 9.69 Å². The van der Waals surface area contributed by atoms with Crippen molar-refractivity contribution in [2.75, 3.05) is 19.7 Å². The van der Waals surface area contributed by atoms with E-state index in [4.69, 9.17) is 16.3 Å². The number of likely N-dealkylation sites (N-methyl/N-ethyl adjacent to an activating group) is 1. The van der Waals surface area contributed by atoms with Crippen LogP contribution in [0.2, 0.25) is 5.02 Å². The van der Waals surface area contributed by atoms with Gasteiger partial charge >= 0.3 is 5.97 Å². The molecule has 5 heteroatoms. The molecule has 0 unspecified atom stereocenters. The molecule has 0 radical (unpaired) electrons. The Morgan fingerprint density at radius 3 is 2.72 bits per heavy atom. The molecule has 1 aromatic carbocycles. The molecule has 1 rings (SSSR count). The summed E-state index contributed by atoms with van der Waals surface area (Å²) in [5, 5.41) is 0.701. The SMILES string of the molecule is CCOC(=O)CN(CC)Cc1ccc(Br)cc1Cl. The van der Waals surface area contributed by atoms with Crippen molar-refractivity contribution in [3.05, 3.63) is 33.3 Å². The van der Waals surface area contributed by atoms with E-state index >= 15 is 0 Å². The molecule has 100 valence electrons. The number of hydrogen-bond donors (Lipinski definition) is 0. The second-order valence-corrected chi connectivity index (χ2v) is 5.17. The fraction of sp³-hybridized carbons (Fsp3) is 0.462. The van der Waals surface area contributed by atoms with Crippen molar-refractivity contribution in [2.45, 2.75) is 20.4 Å². The zero-order chi connectivity index (χ0) is 13.5. The molecule has 1 aromatic rings. The van der Waals surface area contributed by atoms with Crippen molar-refractivity contribution in [3.63, 3.8) is 0 Å². The summed E-state index contributed by atoms with van der Waals surface area (Å²) in [5.41, 5.74) is 1.01. The van der Waals surface area contributed by atoms with E-state index in [0.29, 0.717) is 18.2 Å². The van der Waals surface area contributed by atoms with Gasteiger partial charge in [-0.2, -0.15) is 0 Å². The molecule has 0 saturated carbocycles. The van der Waals surface area contributed by atoms with Gasteiger partial charge in [0.05, 0.1) is 13.2 Å². The van der Waals surface area contributed by atoms with Crippen LogP contribution in [0.15, 0.2) is 22.7 Å². The zero-order valence-electron chi connectivity index (χ0n) is 10.6. The number of carbonyl (C=O) groups is 1. The van der Waals surface area contributed by atoms with Gasteiger partial charge in [0, 0.05) is 16.0 Å². The molecular formula is C13H17BrClNO2. The first-order valence-electron chi connectivity index (χ1n) is 5.88. The molecule has 0 fully saturated rings. The molecule has 0 aromatic heterocycles. The fourth-order valence-corrected chi connectivity index (χ4v) is 2.29. The summed E-state index contributed by atoms with van der Waals surface area (Å²) in [5.74, 6) is -0.201. The molecule has 18 heavy (non-hydrogen) atoms. The van der Waals surface area contributed by atoms with Gasteiger partial charge in [-0.25, -0.2) is 0 Å². The van der Waals surface area contributed by atoms with Gasteiger partial charge in [-0.1, -0.05) is 40.5 Å². The quantitative estimate of drug-likeness (QED) is 0.746. The number of benzene rings is 1. The van der Waals surface area contributed by atoms with Crippen molar-refractivity contribution < 1.29 is 9.53 Å². The van der Waals surface area contributed by atoms with Gasteiger partial charge in [-0.05, 0) is 31.2 Å². The van der Waals surface area contributed by atoms with Crippen molar-refractivity contribution in [2.24, 2.45) is 0 Å². The van der Waals surface area contributed by atoms with E-state index in [9.17, 15) is 4.79 Å². The van der Waals surface area contributed by atoms with Crippen LogP contribution in [0, 0.1) is 0 Å². The number of carbonyl (C=O) groups excluding carboxylic acids is 1. The van der Waals surface area contributed by atoms with E-state index in [0.717, 1.165) is 16.6 Å². The second kappa shape index (κ2) is 7.77. The van der Waals surface area contributed by atoms with Gasteiger partial charge in [-0.15, -0.1) is 0 Å². The van der Waals surface area contributed by atoms with Gasteiger partial charge in [0.1, 0.15) is 0 Å². The molecule has 0 heterocycles. The average molecular weight is 335 g/mol. The Morgan fingerprint density at radius 1 is 1.44 bits per heavy atom. The Bertz CT molecular complexity index is 412. The molecule has 0 spiro atoms. The lowest BCUT2D eigenvalue weighted by Gasteiger charge is -2.20. The van der Waals surface area contributed by atoms with Gasteiger partial charge < -0.3 is 4.74 Å². The highest BCUT2D eigenvalue weighted by Crippen LogP contribution is 2.22. The molecule has 0 aliphatic rings. The monoisotopic (exact) mass is 333 g/mol. The van der Waals surface area contributed by atoms with Crippen LogP contribution in [0.5, 0.6) is 0 Å². The van der Waals surface area contributed by atoms with Crippen molar-refractivity contribution in [3.8, 4) is 0 Å². The van der Waals surface area contributed by atoms with Crippen LogP contribution < -0.4 is 0 Å². The highest BCUT2D eigenvalue weighted by molar-refractivity contribution is 9.10. The first-order valence-corrected chi connectivity index (χ1v) is 7.05. The van der Waals surface area contributed by atoms with E-state index < -0.39 is 0 Å². The van der Waals surface area contributed by atoms with Crippen molar-refractivity contribution in [1.82, 2.24) is 4.90 Å². The zero-order valence-corrected chi connectivity index (χ0v) is 12.9. The number of ether oxygens (including phenoxy) is 1. The molecular weight excluding hydrogens is 318 g/mol. The normalized spacial score (nSPS) is 10.7. The number of rotatable bonds is 6. The predicted octanol–water partition coefficient (Wildman–Crippen LogP) is 3.49. The topological polar surface area (TPSA) is 29.5 Å². The highest BCUT2D eigenvalue weighted by Gasteiger charge is 2.12. The molecule has 0 N–H and O–H groups in total. The third-order valence-electron chi connectivity index (χ3n) is 2.51. The third kappa shape index (κ3) is 4.96. The van der Waals surface area contributed by atoms with Gasteiger partial charge in [0.25, 0.3) is 0 Å². The van der Waals surface area contributed by atoms with E-state index in [2.05, 4.69) is 15.9 Å². The Hall–Kier alpha value is -0.580. The van der Waals surface area contributed by atoms with Crippen LogP contribution in [0.4, 0.5) is 0 Å². The van der Waals surface area contributed by atoms with Crippen LogP contribution in [0.1, 0.15) is 19.4 Å². The maximum atomic E-state index is 11.4. The van der Waals surface area contributed by atoms with E-state index in [-0.39, 0.29) is 12.5 Å². The summed E-state index contributed by atoms with van der Waals surface area (Å²) < 4.78 is 5.89. The van der Waals surface area contributed by atoms with Crippen LogP contribution >= 0.6 is 27.5 Å². The highest BCUT2D eigenvalue weighted by atomic mass is 79.9. The summed E-state index contributed by atoms with van der Waals surface area (Å²) in [4.78, 5) is 13.4. The number of nitrogens with zero attached hydrogens (tertiary/aromatic N) is 1. The van der Waals surface area contributed by atoms with Crippen LogP contribution in [-0.2, 0) is 16.1 Å². The molecule has 0 atom stereocenters. The summed E-state index contributed by atoms with van der Waals surface area (Å²) in [7, 11) is 0. The molecule has 0 bridgehead atoms. The number of halogens is 2. The van der Waals surface area contributed by atoms with E-state index in [1.165, 1.54) is 0 Å². The standard InChI is InChI=1S/C13H17BrClNO2/c1-3-16(9-13(17)18-4-2)8-10-5-6-11(14)7-12(10)15/h5-7H,3-4,8-9H2,1-2H3. The van der Waals surface area contributed by atoms with Gasteiger partial charge in [0.15, 0.2) is 0 Å². The molecule has 0 amide bonds. The Morgan fingerprint density at radius 2 is 2.17 bits per heavy atom. The van der Waals surface area contributed by atoms with Crippen molar-refractivity contribution >= 4 is 33.5 Å². The molecule has 0 aliphatic heterocycles. The van der Waals surface area contributed by atoms with Crippen LogP contribution in [-0.4, -0.2) is 30.6 Å². The number of esters is 1. The third-order valence-corrected chi connectivity index (χ3v) is 3.36. The first-order chi connectivity index (χ1) is 8.56. The minimum atomic E-state index is -0.201. The maximum Gasteiger partial charge on any atom is 0.320 e. The molecule has 3 nitrogen and oxygen atoms in total. The van der Waals surface area contributed by atoms with Crippen LogP contribution in [0.3, 0.4) is 0 Å². The smallest absolute Gasteiger partial charge is 0.320 e. The lowest BCUT2D eigenvalue weighted by atomic mass is 10.2. The second-order valence-electron chi connectivity index (χ2n) is 3.84. The fourth-order valence-electron chi connectivity index (χ4n) is 1.56. The minimum Gasteiger partial charge on any atom is -0.465 e. The predicted molar refractivity (Wildman–Crippen MR) is 76.7 cm³/mol. The summed E-state index contributed by atoms with van der Waals surface area (Å²) in [6.07, 6.45) is 0. The largest absolute Gasteiger partial charge is 0.465 e. The average Bonchev–Trinajstić information content (AvgIpc) is 2.31. The van der Waals surface area contributed by atoms with Crippen LogP contribution in [0.25, 0.3) is 0 Å². The van der Waals surface area contributed by atoms with Crippen molar-refractivity contribution in [1.29, 1.82) is 0 Å². The number of hydrogen-bond acceptors (Lipinski definition) is 3. The summed E-state index contributed by atoms with van der Waals surface area (Å²) >= 11 is 9.52. The lowest BCUT2D eigenvalue weighted by molar-refractivity contribution is -0.144. The minimum absolute atomic E-state index is 0.201. The first kappa shape index (κ1) is 15.5. The Labute approximate surface area is 121 Å². The Kier molecular flexibility index (Phi) is 6.68. The lowest BCUT2D eigenvalue weighted by Crippen LogP contribution is -2.30.